The van der Waals surface area contributed by atoms with Crippen LogP contribution in [0.5, 0.6) is 0 Å². The minimum atomic E-state index is -0.391. The molecule has 4 nitrogen and oxygen atoms in total. The van der Waals surface area contributed by atoms with Gasteiger partial charge in [-0.05, 0) is 25.0 Å². The van der Waals surface area contributed by atoms with Crippen molar-refractivity contribution in [3.05, 3.63) is 90.5 Å². The van der Waals surface area contributed by atoms with Gasteiger partial charge in [-0.3, -0.25) is 9.48 Å². The molecule has 0 spiro atoms. The molecule has 1 N–H and O–H groups in total. The molecule has 0 bridgehead atoms. The molecule has 0 aliphatic heterocycles. The Hall–Kier alpha value is -3.40. The second-order valence-corrected chi connectivity index (χ2v) is 6.88. The lowest BCUT2D eigenvalue weighted by atomic mass is 10.1. The number of carbonyl (C=O) groups is 1. The molecule has 1 atom stereocenters. The van der Waals surface area contributed by atoms with Gasteiger partial charge in [0.05, 0.1) is 5.52 Å². The van der Waals surface area contributed by atoms with Crippen molar-refractivity contribution in [2.45, 2.75) is 19.4 Å². The van der Waals surface area contributed by atoms with Crippen LogP contribution in [0.15, 0.2) is 84.9 Å². The fourth-order valence-corrected chi connectivity index (χ4v) is 3.43. The average molecular weight is 369 g/mol. The van der Waals surface area contributed by atoms with Crippen molar-refractivity contribution in [3.8, 4) is 11.3 Å². The van der Waals surface area contributed by atoms with Crippen LogP contribution in [-0.4, -0.2) is 22.2 Å². The summed E-state index contributed by atoms with van der Waals surface area (Å²) in [6.07, 6.45) is 0.814. The van der Waals surface area contributed by atoms with Crippen molar-refractivity contribution in [2.24, 2.45) is 0 Å². The standard InChI is InChI=1S/C24H23N3O/c1-18(24(28)25-17-16-19-10-4-2-5-11-19)27-22-15-9-8-14-21(22)23(26-27)20-12-6-3-7-13-20/h2-15,18H,16-17H2,1H3,(H,25,28)/t18-/m0/s1. The molecular weight excluding hydrogens is 346 g/mol. The van der Waals surface area contributed by atoms with Crippen molar-refractivity contribution < 1.29 is 4.79 Å². The monoisotopic (exact) mass is 369 g/mol. The maximum atomic E-state index is 12.8. The number of rotatable bonds is 6. The Labute approximate surface area is 164 Å². The first-order chi connectivity index (χ1) is 13.7. The number of nitrogens with one attached hydrogen (secondary N) is 1. The van der Waals surface area contributed by atoms with E-state index in [9.17, 15) is 4.79 Å². The quantitative estimate of drug-likeness (QED) is 0.539. The lowest BCUT2D eigenvalue weighted by Gasteiger charge is -2.14. The first-order valence-corrected chi connectivity index (χ1v) is 9.58. The van der Waals surface area contributed by atoms with Gasteiger partial charge in [-0.25, -0.2) is 0 Å². The highest BCUT2D eigenvalue weighted by Gasteiger charge is 2.20. The van der Waals surface area contributed by atoms with E-state index >= 15 is 0 Å². The van der Waals surface area contributed by atoms with Crippen LogP contribution in [0.25, 0.3) is 22.2 Å². The number of para-hydroxylation sites is 1. The van der Waals surface area contributed by atoms with Gasteiger partial charge in [-0.1, -0.05) is 78.9 Å². The molecule has 0 radical (unpaired) electrons. The molecule has 1 amide bonds. The van der Waals surface area contributed by atoms with Gasteiger partial charge in [0.2, 0.25) is 5.91 Å². The van der Waals surface area contributed by atoms with E-state index in [1.54, 1.807) is 0 Å². The predicted octanol–water partition coefficient (Wildman–Crippen LogP) is 4.62. The second kappa shape index (κ2) is 8.09. The Morgan fingerprint density at radius 3 is 2.32 bits per heavy atom. The molecule has 140 valence electrons. The Morgan fingerprint density at radius 2 is 1.57 bits per heavy atom. The Balaban J connectivity index is 1.55. The zero-order valence-corrected chi connectivity index (χ0v) is 15.9. The minimum absolute atomic E-state index is 0.0243. The van der Waals surface area contributed by atoms with E-state index in [-0.39, 0.29) is 5.91 Å². The van der Waals surface area contributed by atoms with E-state index < -0.39 is 6.04 Å². The van der Waals surface area contributed by atoms with Gasteiger partial charge in [-0.2, -0.15) is 5.10 Å². The van der Waals surface area contributed by atoms with Crippen molar-refractivity contribution in [1.29, 1.82) is 0 Å². The molecule has 1 heterocycles. The smallest absolute Gasteiger partial charge is 0.244 e. The summed E-state index contributed by atoms with van der Waals surface area (Å²) in [5.41, 5.74) is 4.13. The second-order valence-electron chi connectivity index (χ2n) is 6.88. The number of benzene rings is 3. The van der Waals surface area contributed by atoms with Crippen LogP contribution >= 0.6 is 0 Å². The van der Waals surface area contributed by atoms with Crippen molar-refractivity contribution in [2.75, 3.05) is 6.54 Å². The Bertz CT molecular complexity index is 1070. The number of nitrogens with zero attached hydrogens (tertiary/aromatic N) is 2. The van der Waals surface area contributed by atoms with E-state index in [4.69, 9.17) is 5.10 Å². The van der Waals surface area contributed by atoms with Crippen LogP contribution in [0.2, 0.25) is 0 Å². The molecule has 4 aromatic rings. The number of hydrogen-bond acceptors (Lipinski definition) is 2. The normalized spacial score (nSPS) is 12.0. The third-order valence-electron chi connectivity index (χ3n) is 4.96. The van der Waals surface area contributed by atoms with E-state index in [0.717, 1.165) is 28.6 Å². The number of hydrogen-bond donors (Lipinski definition) is 1. The summed E-state index contributed by atoms with van der Waals surface area (Å²) in [7, 11) is 0. The van der Waals surface area contributed by atoms with Crippen LogP contribution < -0.4 is 5.32 Å². The van der Waals surface area contributed by atoms with E-state index in [0.29, 0.717) is 6.54 Å². The summed E-state index contributed by atoms with van der Waals surface area (Å²) >= 11 is 0. The van der Waals surface area contributed by atoms with Crippen LogP contribution in [0.4, 0.5) is 0 Å². The largest absolute Gasteiger partial charge is 0.354 e. The highest BCUT2D eigenvalue weighted by Crippen LogP contribution is 2.29. The topological polar surface area (TPSA) is 46.9 Å². The SMILES string of the molecule is C[C@@H](C(=O)NCCc1ccccc1)n1nc(-c2ccccc2)c2ccccc21. The number of aromatic nitrogens is 2. The van der Waals surface area contributed by atoms with Gasteiger partial charge in [0.15, 0.2) is 0 Å². The maximum Gasteiger partial charge on any atom is 0.244 e. The van der Waals surface area contributed by atoms with Gasteiger partial charge in [0.25, 0.3) is 0 Å². The zero-order chi connectivity index (χ0) is 19.3. The van der Waals surface area contributed by atoms with Crippen LogP contribution in [-0.2, 0) is 11.2 Å². The zero-order valence-electron chi connectivity index (χ0n) is 15.9. The fraction of sp³-hybridized carbons (Fsp3) is 0.167. The number of fused-ring (bicyclic) bond motifs is 1. The number of amides is 1. The lowest BCUT2D eigenvalue weighted by molar-refractivity contribution is -0.123. The molecule has 0 saturated heterocycles. The fourth-order valence-electron chi connectivity index (χ4n) is 3.43. The summed E-state index contributed by atoms with van der Waals surface area (Å²) < 4.78 is 1.83. The summed E-state index contributed by atoms with van der Waals surface area (Å²) in [5, 5.41) is 8.90. The van der Waals surface area contributed by atoms with Crippen LogP contribution in [0.3, 0.4) is 0 Å². The first-order valence-electron chi connectivity index (χ1n) is 9.58. The summed E-state index contributed by atoms with van der Waals surface area (Å²) in [6.45, 7) is 2.50. The van der Waals surface area contributed by atoms with E-state index in [1.165, 1.54) is 5.56 Å². The third-order valence-corrected chi connectivity index (χ3v) is 4.96. The first kappa shape index (κ1) is 18.0. The van der Waals surface area contributed by atoms with Crippen LogP contribution in [0.1, 0.15) is 18.5 Å². The molecule has 4 heteroatoms. The molecule has 4 rings (SSSR count). The molecule has 3 aromatic carbocycles. The molecule has 0 aliphatic rings. The molecule has 28 heavy (non-hydrogen) atoms. The summed E-state index contributed by atoms with van der Waals surface area (Å²) in [6, 6.07) is 27.9. The summed E-state index contributed by atoms with van der Waals surface area (Å²) in [4.78, 5) is 12.8. The predicted molar refractivity (Wildman–Crippen MR) is 113 cm³/mol. The van der Waals surface area contributed by atoms with Gasteiger partial charge >= 0.3 is 0 Å². The molecule has 0 fully saturated rings. The molecule has 0 saturated carbocycles. The van der Waals surface area contributed by atoms with Crippen molar-refractivity contribution in [1.82, 2.24) is 15.1 Å². The van der Waals surface area contributed by atoms with Crippen LogP contribution in [0, 0.1) is 0 Å². The molecule has 0 unspecified atom stereocenters. The Morgan fingerprint density at radius 1 is 0.929 bits per heavy atom. The molecular formula is C24H23N3O. The van der Waals surface area contributed by atoms with Gasteiger partial charge in [-0.15, -0.1) is 0 Å². The highest BCUT2D eigenvalue weighted by molar-refractivity contribution is 5.94. The van der Waals surface area contributed by atoms with Gasteiger partial charge in [0.1, 0.15) is 11.7 Å². The van der Waals surface area contributed by atoms with Crippen molar-refractivity contribution in [3.63, 3.8) is 0 Å². The van der Waals surface area contributed by atoms with Gasteiger partial charge in [0, 0.05) is 17.5 Å². The lowest BCUT2D eigenvalue weighted by Crippen LogP contribution is -2.32. The maximum absolute atomic E-state index is 12.8. The van der Waals surface area contributed by atoms with Gasteiger partial charge < -0.3 is 5.32 Å². The average Bonchev–Trinajstić information content (AvgIpc) is 3.14. The number of carbonyl (C=O) groups excluding carboxylic acids is 1. The van der Waals surface area contributed by atoms with Crippen molar-refractivity contribution >= 4 is 16.8 Å². The van der Waals surface area contributed by atoms with E-state index in [1.807, 2.05) is 78.3 Å². The molecule has 0 aliphatic carbocycles. The minimum Gasteiger partial charge on any atom is -0.354 e. The highest BCUT2D eigenvalue weighted by atomic mass is 16.2. The third kappa shape index (κ3) is 3.67. The van der Waals surface area contributed by atoms with E-state index in [2.05, 4.69) is 23.5 Å². The Kier molecular flexibility index (Phi) is 5.20. The summed E-state index contributed by atoms with van der Waals surface area (Å²) in [5.74, 6) is -0.0243. The molecule has 1 aromatic heterocycles.